The van der Waals surface area contributed by atoms with Gasteiger partial charge in [-0.2, -0.15) is 0 Å². The predicted octanol–water partition coefficient (Wildman–Crippen LogP) is 1.48. The van der Waals surface area contributed by atoms with Crippen molar-refractivity contribution in [1.82, 2.24) is 5.32 Å². The maximum absolute atomic E-state index is 5.66. The second-order valence-electron chi connectivity index (χ2n) is 4.33. The number of nitrogens with one attached hydrogen (secondary N) is 2. The highest BCUT2D eigenvalue weighted by Crippen LogP contribution is 2.32. The van der Waals surface area contributed by atoms with Crippen LogP contribution in [0.4, 0.5) is 5.69 Å². The largest absolute Gasteiger partial charge is 0.490 e. The van der Waals surface area contributed by atoms with E-state index in [-0.39, 0.29) is 0 Å². The Kier molecular flexibility index (Phi) is 5.49. The average Bonchev–Trinajstić information content (AvgIpc) is 2.71. The van der Waals surface area contributed by atoms with Crippen LogP contribution in [0.2, 0.25) is 0 Å². The van der Waals surface area contributed by atoms with Crippen LogP contribution in [0, 0.1) is 0 Å². The minimum Gasteiger partial charge on any atom is -0.490 e. The number of methoxy groups -OCH3 is 1. The summed E-state index contributed by atoms with van der Waals surface area (Å²) in [5, 5.41) is 6.36. The lowest BCUT2D eigenvalue weighted by molar-refractivity contribution is 0.204. The van der Waals surface area contributed by atoms with E-state index in [1.807, 2.05) is 18.2 Å². The molecule has 0 radical (unpaired) electrons. The number of ether oxygens (including phenoxy) is 3. The third-order valence-corrected chi connectivity index (χ3v) is 2.83. The van der Waals surface area contributed by atoms with Crippen molar-refractivity contribution in [2.75, 3.05) is 45.8 Å². The molecule has 2 rings (SSSR count). The van der Waals surface area contributed by atoms with Crippen LogP contribution >= 0.6 is 0 Å². The molecule has 0 spiro atoms. The van der Waals surface area contributed by atoms with Crippen LogP contribution in [0.5, 0.6) is 11.5 Å². The summed E-state index contributed by atoms with van der Waals surface area (Å²) in [6, 6.07) is 5.77. The molecule has 1 aromatic rings. The predicted molar refractivity (Wildman–Crippen MR) is 78.9 cm³/mol. The Labute approximate surface area is 119 Å². The Balaban J connectivity index is 2.00. The zero-order valence-electron chi connectivity index (χ0n) is 11.9. The molecule has 110 valence electrons. The zero-order valence-corrected chi connectivity index (χ0v) is 11.9. The fourth-order valence-corrected chi connectivity index (χ4v) is 1.83. The van der Waals surface area contributed by atoms with E-state index in [2.05, 4.69) is 15.6 Å². The van der Waals surface area contributed by atoms with Gasteiger partial charge in [-0.3, -0.25) is 4.99 Å². The molecule has 1 aliphatic heterocycles. The lowest BCUT2D eigenvalue weighted by Gasteiger charge is -2.13. The van der Waals surface area contributed by atoms with Crippen LogP contribution < -0.4 is 20.1 Å². The van der Waals surface area contributed by atoms with E-state index < -0.39 is 0 Å². The SMILES string of the molecule is CN=C(NCCOC)Nc1ccc2c(c1)OCCCO2. The molecule has 0 saturated heterocycles. The normalized spacial score (nSPS) is 14.6. The molecule has 0 aromatic heterocycles. The zero-order chi connectivity index (χ0) is 14.2. The highest BCUT2D eigenvalue weighted by Gasteiger charge is 2.11. The number of rotatable bonds is 4. The van der Waals surface area contributed by atoms with Crippen LogP contribution in [0.3, 0.4) is 0 Å². The number of fused-ring (bicyclic) bond motifs is 1. The molecule has 1 aromatic carbocycles. The summed E-state index contributed by atoms with van der Waals surface area (Å²) in [6.45, 7) is 2.69. The average molecular weight is 279 g/mol. The smallest absolute Gasteiger partial charge is 0.195 e. The molecule has 6 nitrogen and oxygen atoms in total. The first kappa shape index (κ1) is 14.5. The van der Waals surface area contributed by atoms with Crippen LogP contribution in [0.25, 0.3) is 0 Å². The van der Waals surface area contributed by atoms with E-state index in [0.29, 0.717) is 32.3 Å². The van der Waals surface area contributed by atoms with E-state index in [4.69, 9.17) is 14.2 Å². The van der Waals surface area contributed by atoms with Crippen molar-refractivity contribution in [3.8, 4) is 11.5 Å². The molecule has 0 aliphatic carbocycles. The Morgan fingerprint density at radius 1 is 1.30 bits per heavy atom. The van der Waals surface area contributed by atoms with Gasteiger partial charge < -0.3 is 24.8 Å². The highest BCUT2D eigenvalue weighted by atomic mass is 16.5. The molecule has 0 amide bonds. The van der Waals surface area contributed by atoms with Crippen molar-refractivity contribution in [3.63, 3.8) is 0 Å². The van der Waals surface area contributed by atoms with Crippen molar-refractivity contribution in [2.45, 2.75) is 6.42 Å². The first-order chi connectivity index (χ1) is 9.83. The summed E-state index contributed by atoms with van der Waals surface area (Å²) in [5.41, 5.74) is 0.903. The Bertz CT molecular complexity index is 463. The topological polar surface area (TPSA) is 64.1 Å². The summed E-state index contributed by atoms with van der Waals surface area (Å²) in [5.74, 6) is 2.24. The molecule has 1 aliphatic rings. The van der Waals surface area contributed by atoms with Gasteiger partial charge >= 0.3 is 0 Å². The summed E-state index contributed by atoms with van der Waals surface area (Å²) < 4.78 is 16.3. The maximum Gasteiger partial charge on any atom is 0.195 e. The standard InChI is InChI=1S/C14H21N3O3/c1-15-14(16-6-9-18-2)17-11-4-5-12-13(10-11)20-8-3-7-19-12/h4-5,10H,3,6-9H2,1-2H3,(H2,15,16,17). The number of anilines is 1. The minimum absolute atomic E-state index is 0.627. The fourth-order valence-electron chi connectivity index (χ4n) is 1.83. The molecule has 0 saturated carbocycles. The molecular weight excluding hydrogens is 258 g/mol. The second kappa shape index (κ2) is 7.59. The van der Waals surface area contributed by atoms with E-state index >= 15 is 0 Å². The molecule has 2 N–H and O–H groups in total. The molecular formula is C14H21N3O3. The lowest BCUT2D eigenvalue weighted by Crippen LogP contribution is -2.33. The van der Waals surface area contributed by atoms with Crippen molar-refractivity contribution < 1.29 is 14.2 Å². The van der Waals surface area contributed by atoms with E-state index in [1.54, 1.807) is 14.2 Å². The molecule has 1 heterocycles. The number of nitrogens with zero attached hydrogens (tertiary/aromatic N) is 1. The summed E-state index contributed by atoms with van der Waals surface area (Å²) in [6.07, 6.45) is 0.900. The van der Waals surface area contributed by atoms with Gasteiger partial charge in [0.05, 0.1) is 19.8 Å². The number of benzene rings is 1. The van der Waals surface area contributed by atoms with E-state index in [1.165, 1.54) is 0 Å². The summed E-state index contributed by atoms with van der Waals surface area (Å²) in [4.78, 5) is 4.15. The van der Waals surface area contributed by atoms with Crippen LogP contribution in [0.1, 0.15) is 6.42 Å². The van der Waals surface area contributed by atoms with Crippen LogP contribution in [-0.4, -0.2) is 46.5 Å². The molecule has 0 unspecified atom stereocenters. The molecule has 6 heteroatoms. The van der Waals surface area contributed by atoms with Gasteiger partial charge in [0, 0.05) is 38.9 Å². The Hall–Kier alpha value is -1.95. The third kappa shape index (κ3) is 4.03. The number of hydrogen-bond donors (Lipinski definition) is 2. The van der Waals surface area contributed by atoms with Crippen molar-refractivity contribution >= 4 is 11.6 Å². The first-order valence-electron chi connectivity index (χ1n) is 6.69. The monoisotopic (exact) mass is 279 g/mol. The number of hydrogen-bond acceptors (Lipinski definition) is 4. The van der Waals surface area contributed by atoms with Gasteiger partial charge in [0.15, 0.2) is 17.5 Å². The third-order valence-electron chi connectivity index (χ3n) is 2.83. The number of aliphatic imine (C=N–C) groups is 1. The van der Waals surface area contributed by atoms with Crippen molar-refractivity contribution in [1.29, 1.82) is 0 Å². The molecule has 20 heavy (non-hydrogen) atoms. The summed E-state index contributed by atoms with van der Waals surface area (Å²) in [7, 11) is 3.40. The molecule has 0 bridgehead atoms. The van der Waals surface area contributed by atoms with E-state index in [9.17, 15) is 0 Å². The minimum atomic E-state index is 0.627. The van der Waals surface area contributed by atoms with Gasteiger partial charge in [0.25, 0.3) is 0 Å². The van der Waals surface area contributed by atoms with Gasteiger partial charge in [0.2, 0.25) is 0 Å². The second-order valence-corrected chi connectivity index (χ2v) is 4.33. The Morgan fingerprint density at radius 3 is 2.85 bits per heavy atom. The van der Waals surface area contributed by atoms with Gasteiger partial charge in [-0.1, -0.05) is 0 Å². The molecule has 0 atom stereocenters. The van der Waals surface area contributed by atoms with Crippen molar-refractivity contribution in [2.24, 2.45) is 4.99 Å². The fraction of sp³-hybridized carbons (Fsp3) is 0.500. The molecule has 0 fully saturated rings. The summed E-state index contributed by atoms with van der Waals surface area (Å²) >= 11 is 0. The van der Waals surface area contributed by atoms with Gasteiger partial charge in [-0.05, 0) is 12.1 Å². The quantitative estimate of drug-likeness (QED) is 0.496. The van der Waals surface area contributed by atoms with Crippen LogP contribution in [-0.2, 0) is 4.74 Å². The highest BCUT2D eigenvalue weighted by molar-refractivity contribution is 5.93. The lowest BCUT2D eigenvalue weighted by atomic mass is 10.3. The van der Waals surface area contributed by atoms with Crippen LogP contribution in [0.15, 0.2) is 23.2 Å². The first-order valence-corrected chi connectivity index (χ1v) is 6.69. The van der Waals surface area contributed by atoms with Gasteiger partial charge in [-0.25, -0.2) is 0 Å². The maximum atomic E-state index is 5.66. The van der Waals surface area contributed by atoms with Gasteiger partial charge in [-0.15, -0.1) is 0 Å². The van der Waals surface area contributed by atoms with Gasteiger partial charge in [0.1, 0.15) is 0 Å². The van der Waals surface area contributed by atoms with E-state index in [0.717, 1.165) is 23.6 Å². The Morgan fingerprint density at radius 2 is 2.10 bits per heavy atom. The van der Waals surface area contributed by atoms with Crippen molar-refractivity contribution in [3.05, 3.63) is 18.2 Å². The number of guanidine groups is 1.